The molecule has 0 unspecified atom stereocenters. The molecule has 3 amide bonds. The number of carbonyl (C=O) groups excluding carboxylic acids is 2. The normalized spacial score (nSPS) is 12.8. The van der Waals surface area contributed by atoms with Gasteiger partial charge >= 0.3 is 6.03 Å². The van der Waals surface area contributed by atoms with Crippen LogP contribution in [0.3, 0.4) is 0 Å². The molecule has 1 aromatic rings. The number of imide groups is 1. The minimum atomic E-state index is -0.473. The van der Waals surface area contributed by atoms with E-state index >= 15 is 0 Å². The average molecular weight is 320 g/mol. The third-order valence-corrected chi connectivity index (χ3v) is 3.92. The molecule has 0 aromatic heterocycles. The summed E-state index contributed by atoms with van der Waals surface area (Å²) in [7, 11) is 1.49. The first-order chi connectivity index (χ1) is 10.6. The molecular formula is C18H30N3O2+. The van der Waals surface area contributed by atoms with Crippen molar-refractivity contribution < 1.29 is 14.9 Å². The summed E-state index contributed by atoms with van der Waals surface area (Å²) in [5.41, 5.74) is 2.62. The summed E-state index contributed by atoms with van der Waals surface area (Å²) < 4.78 is 0. The fourth-order valence-electron chi connectivity index (χ4n) is 2.47. The summed E-state index contributed by atoms with van der Waals surface area (Å²) in [5, 5.41) is 6.64. The number of benzene rings is 1. The maximum atomic E-state index is 11.8. The smallest absolute Gasteiger partial charge is 0.321 e. The first-order valence-corrected chi connectivity index (χ1v) is 8.10. The van der Waals surface area contributed by atoms with Crippen LogP contribution in [0.25, 0.3) is 0 Å². The van der Waals surface area contributed by atoms with E-state index < -0.39 is 6.03 Å². The van der Waals surface area contributed by atoms with E-state index in [0.29, 0.717) is 5.92 Å². The summed E-state index contributed by atoms with van der Waals surface area (Å²) in [6, 6.07) is 8.29. The highest BCUT2D eigenvalue weighted by molar-refractivity contribution is 5.94. The van der Waals surface area contributed by atoms with Gasteiger partial charge in [0.15, 0.2) is 6.54 Å². The molecular weight excluding hydrogens is 290 g/mol. The van der Waals surface area contributed by atoms with Crippen LogP contribution in [0.4, 0.5) is 4.79 Å². The van der Waals surface area contributed by atoms with E-state index in [1.54, 1.807) is 0 Å². The molecule has 128 valence electrons. The molecule has 23 heavy (non-hydrogen) atoms. The molecule has 5 heteroatoms. The standard InChI is InChI=1S/C18H29N3O2/c1-12(2)16(20-11-15(22)21-17(23)19-6)13-7-9-14(10-8-13)18(3,4)5/h7-10,12,16,20H,11H2,1-6H3,(H2,19,21,22,23)/p+1/t16-/m0/s1. The lowest BCUT2D eigenvalue weighted by atomic mass is 9.85. The average Bonchev–Trinajstić information content (AvgIpc) is 2.46. The minimum absolute atomic E-state index is 0.128. The summed E-state index contributed by atoms with van der Waals surface area (Å²) in [6.45, 7) is 11.1. The Hall–Kier alpha value is -1.88. The third-order valence-electron chi connectivity index (χ3n) is 3.92. The Morgan fingerprint density at radius 2 is 1.70 bits per heavy atom. The molecule has 0 radical (unpaired) electrons. The number of carbonyl (C=O) groups is 2. The second-order valence-electron chi connectivity index (χ2n) is 7.21. The van der Waals surface area contributed by atoms with Gasteiger partial charge in [0, 0.05) is 18.5 Å². The van der Waals surface area contributed by atoms with Crippen molar-refractivity contribution >= 4 is 11.9 Å². The molecule has 1 atom stereocenters. The van der Waals surface area contributed by atoms with Gasteiger partial charge in [-0.3, -0.25) is 10.1 Å². The van der Waals surface area contributed by atoms with Crippen LogP contribution >= 0.6 is 0 Å². The third kappa shape index (κ3) is 6.02. The van der Waals surface area contributed by atoms with Crippen LogP contribution in [0.2, 0.25) is 0 Å². The molecule has 5 nitrogen and oxygen atoms in total. The molecule has 1 rings (SSSR count). The van der Waals surface area contributed by atoms with E-state index in [1.165, 1.54) is 18.2 Å². The molecule has 1 aromatic carbocycles. The van der Waals surface area contributed by atoms with E-state index in [-0.39, 0.29) is 23.9 Å². The highest BCUT2D eigenvalue weighted by Gasteiger charge is 2.22. The van der Waals surface area contributed by atoms with E-state index in [2.05, 4.69) is 69.5 Å². The zero-order chi connectivity index (χ0) is 17.6. The van der Waals surface area contributed by atoms with Crippen LogP contribution in [-0.4, -0.2) is 25.5 Å². The highest BCUT2D eigenvalue weighted by Crippen LogP contribution is 2.25. The first-order valence-electron chi connectivity index (χ1n) is 8.10. The fraction of sp³-hybridized carbons (Fsp3) is 0.556. The molecule has 0 fully saturated rings. The molecule has 0 heterocycles. The highest BCUT2D eigenvalue weighted by atomic mass is 16.2. The van der Waals surface area contributed by atoms with Crippen molar-refractivity contribution in [1.29, 1.82) is 0 Å². The van der Waals surface area contributed by atoms with Gasteiger partial charge in [-0.25, -0.2) is 4.79 Å². The maximum Gasteiger partial charge on any atom is 0.321 e. The van der Waals surface area contributed by atoms with Gasteiger partial charge in [0.1, 0.15) is 6.04 Å². The lowest BCUT2D eigenvalue weighted by Gasteiger charge is -2.22. The molecule has 4 N–H and O–H groups in total. The SMILES string of the molecule is CNC(=O)NC(=O)C[NH2+][C@H](c1ccc(C(C)(C)C)cc1)C(C)C. The van der Waals surface area contributed by atoms with Gasteiger partial charge < -0.3 is 10.6 Å². The molecule has 0 aliphatic carbocycles. The van der Waals surface area contributed by atoms with Gasteiger partial charge in [-0.1, -0.05) is 58.9 Å². The van der Waals surface area contributed by atoms with E-state index in [4.69, 9.17) is 0 Å². The van der Waals surface area contributed by atoms with Crippen LogP contribution in [0.1, 0.15) is 51.8 Å². The Balaban J connectivity index is 2.75. The summed E-state index contributed by atoms with van der Waals surface area (Å²) in [4.78, 5) is 22.9. The zero-order valence-corrected chi connectivity index (χ0v) is 15.1. The van der Waals surface area contributed by atoms with Crippen molar-refractivity contribution in [2.75, 3.05) is 13.6 Å². The second kappa shape index (κ2) is 8.11. The molecule has 0 bridgehead atoms. The monoisotopic (exact) mass is 320 g/mol. The van der Waals surface area contributed by atoms with Gasteiger partial charge in [0.05, 0.1) is 0 Å². The van der Waals surface area contributed by atoms with Crippen molar-refractivity contribution in [3.8, 4) is 0 Å². The lowest BCUT2D eigenvalue weighted by Crippen LogP contribution is -2.88. The number of amides is 3. The number of hydrogen-bond acceptors (Lipinski definition) is 2. The van der Waals surface area contributed by atoms with Gasteiger partial charge in [-0.05, 0) is 11.0 Å². The lowest BCUT2D eigenvalue weighted by molar-refractivity contribution is -0.692. The Labute approximate surface area is 139 Å². The van der Waals surface area contributed by atoms with Crippen LogP contribution in [0, 0.1) is 5.92 Å². The largest absolute Gasteiger partial charge is 0.341 e. The van der Waals surface area contributed by atoms with Crippen LogP contribution in [0.5, 0.6) is 0 Å². The Morgan fingerprint density at radius 3 is 2.13 bits per heavy atom. The van der Waals surface area contributed by atoms with Crippen molar-refractivity contribution in [3.63, 3.8) is 0 Å². The number of urea groups is 1. The molecule has 0 aliphatic rings. The quantitative estimate of drug-likeness (QED) is 0.772. The number of nitrogens with two attached hydrogens (primary N) is 1. The Kier molecular flexibility index (Phi) is 6.76. The molecule has 0 aliphatic heterocycles. The van der Waals surface area contributed by atoms with Crippen LogP contribution < -0.4 is 16.0 Å². The topological polar surface area (TPSA) is 74.8 Å². The number of nitrogens with one attached hydrogen (secondary N) is 2. The van der Waals surface area contributed by atoms with Crippen molar-refractivity contribution in [3.05, 3.63) is 35.4 Å². The molecule has 0 saturated carbocycles. The van der Waals surface area contributed by atoms with Crippen LogP contribution in [-0.2, 0) is 10.2 Å². The summed E-state index contributed by atoms with van der Waals surface area (Å²) in [6.07, 6.45) is 0. The summed E-state index contributed by atoms with van der Waals surface area (Å²) >= 11 is 0. The van der Waals surface area contributed by atoms with Gasteiger partial charge in [0.25, 0.3) is 5.91 Å². The van der Waals surface area contributed by atoms with Crippen molar-refractivity contribution in [2.45, 2.75) is 46.1 Å². The van der Waals surface area contributed by atoms with Gasteiger partial charge in [-0.15, -0.1) is 0 Å². The number of hydrogen-bond donors (Lipinski definition) is 3. The zero-order valence-electron chi connectivity index (χ0n) is 15.1. The van der Waals surface area contributed by atoms with Gasteiger partial charge in [-0.2, -0.15) is 0 Å². The molecule has 0 spiro atoms. The fourth-order valence-corrected chi connectivity index (χ4v) is 2.47. The first kappa shape index (κ1) is 19.2. The predicted molar refractivity (Wildman–Crippen MR) is 92.1 cm³/mol. The Bertz CT molecular complexity index is 530. The number of quaternary nitrogens is 1. The second-order valence-corrected chi connectivity index (χ2v) is 7.21. The van der Waals surface area contributed by atoms with Crippen molar-refractivity contribution in [1.82, 2.24) is 10.6 Å². The Morgan fingerprint density at radius 1 is 1.13 bits per heavy atom. The van der Waals surface area contributed by atoms with E-state index in [9.17, 15) is 9.59 Å². The van der Waals surface area contributed by atoms with E-state index in [1.807, 2.05) is 5.32 Å². The van der Waals surface area contributed by atoms with E-state index in [0.717, 1.165) is 0 Å². The van der Waals surface area contributed by atoms with Crippen molar-refractivity contribution in [2.24, 2.45) is 5.92 Å². The van der Waals surface area contributed by atoms with Gasteiger partial charge in [0.2, 0.25) is 0 Å². The molecule has 0 saturated heterocycles. The maximum absolute atomic E-state index is 11.8. The predicted octanol–water partition coefficient (Wildman–Crippen LogP) is 1.70. The minimum Gasteiger partial charge on any atom is -0.341 e. The number of rotatable bonds is 5. The summed E-state index contributed by atoms with van der Waals surface area (Å²) in [5.74, 6) is 0.0876. The van der Waals surface area contributed by atoms with Crippen LogP contribution in [0.15, 0.2) is 24.3 Å².